The van der Waals surface area contributed by atoms with Crippen LogP contribution < -0.4 is 0 Å². The molecule has 90 valence electrons. The maximum absolute atomic E-state index is 10.6. The van der Waals surface area contributed by atoms with Gasteiger partial charge < -0.3 is 5.11 Å². The van der Waals surface area contributed by atoms with E-state index in [-0.39, 0.29) is 0 Å². The summed E-state index contributed by atoms with van der Waals surface area (Å²) in [4.78, 5) is 10.6. The Labute approximate surface area is 94.1 Å². The smallest absolute Gasteiger partial charge is 0.303 e. The van der Waals surface area contributed by atoms with Gasteiger partial charge in [-0.1, -0.05) is 47.0 Å². The lowest BCUT2D eigenvalue weighted by molar-refractivity contribution is -0.138. The molecule has 0 rings (SSSR count). The Morgan fingerprint density at radius 1 is 1.27 bits per heavy atom. The van der Waals surface area contributed by atoms with Gasteiger partial charge in [0, 0.05) is 6.42 Å². The van der Waals surface area contributed by atoms with Crippen LogP contribution in [-0.2, 0) is 4.79 Å². The van der Waals surface area contributed by atoms with Gasteiger partial charge in [0.05, 0.1) is 0 Å². The largest absolute Gasteiger partial charge is 0.481 e. The SMILES string of the molecule is CCCC(CCCC(C)(C)C)CC(=O)O. The molecule has 0 saturated carbocycles. The van der Waals surface area contributed by atoms with Crippen LogP contribution in [0.1, 0.15) is 66.2 Å². The fourth-order valence-corrected chi connectivity index (χ4v) is 1.92. The number of hydrogen-bond donors (Lipinski definition) is 1. The van der Waals surface area contributed by atoms with Crippen molar-refractivity contribution in [3.63, 3.8) is 0 Å². The number of carbonyl (C=O) groups is 1. The van der Waals surface area contributed by atoms with Crippen LogP contribution in [0.5, 0.6) is 0 Å². The van der Waals surface area contributed by atoms with Crippen LogP contribution >= 0.6 is 0 Å². The van der Waals surface area contributed by atoms with Crippen molar-refractivity contribution in [2.24, 2.45) is 11.3 Å². The van der Waals surface area contributed by atoms with Gasteiger partial charge in [0.25, 0.3) is 0 Å². The van der Waals surface area contributed by atoms with Crippen molar-refractivity contribution >= 4 is 5.97 Å². The highest BCUT2D eigenvalue weighted by Gasteiger charge is 2.15. The van der Waals surface area contributed by atoms with Gasteiger partial charge in [0.1, 0.15) is 0 Å². The molecule has 0 heterocycles. The molecule has 0 aliphatic heterocycles. The van der Waals surface area contributed by atoms with Gasteiger partial charge in [-0.3, -0.25) is 4.79 Å². The topological polar surface area (TPSA) is 37.3 Å². The lowest BCUT2D eigenvalue weighted by atomic mass is 9.86. The van der Waals surface area contributed by atoms with Crippen molar-refractivity contribution in [2.45, 2.75) is 66.2 Å². The van der Waals surface area contributed by atoms with E-state index in [1.807, 2.05) is 0 Å². The van der Waals surface area contributed by atoms with E-state index in [1.165, 1.54) is 6.42 Å². The molecule has 0 fully saturated rings. The third kappa shape index (κ3) is 9.77. The normalized spacial score (nSPS) is 13.9. The zero-order valence-electron chi connectivity index (χ0n) is 10.7. The molecule has 0 spiro atoms. The predicted octanol–water partition coefficient (Wildman–Crippen LogP) is 4.09. The first-order valence-electron chi connectivity index (χ1n) is 6.07. The highest BCUT2D eigenvalue weighted by Crippen LogP contribution is 2.25. The van der Waals surface area contributed by atoms with Crippen LogP contribution in [0, 0.1) is 11.3 Å². The van der Waals surface area contributed by atoms with Gasteiger partial charge in [-0.15, -0.1) is 0 Å². The Bertz CT molecular complexity index is 179. The van der Waals surface area contributed by atoms with Crippen LogP contribution in [-0.4, -0.2) is 11.1 Å². The summed E-state index contributed by atoms with van der Waals surface area (Å²) in [5.74, 6) is -0.265. The first-order valence-corrected chi connectivity index (χ1v) is 6.07. The zero-order chi connectivity index (χ0) is 11.9. The molecule has 0 aromatic carbocycles. The molecule has 0 aromatic heterocycles. The molecule has 0 radical (unpaired) electrons. The summed E-state index contributed by atoms with van der Waals surface area (Å²) in [6, 6.07) is 0. The minimum Gasteiger partial charge on any atom is -0.481 e. The fraction of sp³-hybridized carbons (Fsp3) is 0.923. The second kappa shape index (κ2) is 6.86. The molecule has 0 bridgehead atoms. The molecular formula is C13H26O2. The molecule has 0 aliphatic rings. The molecule has 1 N–H and O–H groups in total. The van der Waals surface area contributed by atoms with Crippen molar-refractivity contribution in [1.82, 2.24) is 0 Å². The van der Waals surface area contributed by atoms with E-state index in [0.717, 1.165) is 25.7 Å². The van der Waals surface area contributed by atoms with Gasteiger partial charge in [-0.05, 0) is 24.2 Å². The minimum absolute atomic E-state index is 0.345. The molecule has 0 amide bonds. The monoisotopic (exact) mass is 214 g/mol. The summed E-state index contributed by atoms with van der Waals surface area (Å²) >= 11 is 0. The van der Waals surface area contributed by atoms with Gasteiger partial charge in [0.15, 0.2) is 0 Å². The highest BCUT2D eigenvalue weighted by atomic mass is 16.4. The van der Waals surface area contributed by atoms with Crippen molar-refractivity contribution in [3.8, 4) is 0 Å². The van der Waals surface area contributed by atoms with E-state index in [1.54, 1.807) is 0 Å². The Morgan fingerprint density at radius 3 is 2.27 bits per heavy atom. The summed E-state index contributed by atoms with van der Waals surface area (Å²) < 4.78 is 0. The molecule has 1 atom stereocenters. The van der Waals surface area contributed by atoms with Crippen LogP contribution in [0.3, 0.4) is 0 Å². The van der Waals surface area contributed by atoms with E-state index in [9.17, 15) is 4.79 Å². The fourth-order valence-electron chi connectivity index (χ4n) is 1.92. The van der Waals surface area contributed by atoms with E-state index in [2.05, 4.69) is 27.7 Å². The third-order valence-electron chi connectivity index (χ3n) is 2.70. The van der Waals surface area contributed by atoms with Crippen LogP contribution in [0.4, 0.5) is 0 Å². The van der Waals surface area contributed by atoms with Gasteiger partial charge in [0.2, 0.25) is 0 Å². The number of rotatable bonds is 7. The second-order valence-electron chi connectivity index (χ2n) is 5.71. The molecule has 15 heavy (non-hydrogen) atoms. The van der Waals surface area contributed by atoms with Crippen molar-refractivity contribution in [1.29, 1.82) is 0 Å². The number of carboxylic acids is 1. The Balaban J connectivity index is 3.80. The van der Waals surface area contributed by atoms with E-state index < -0.39 is 5.97 Å². The van der Waals surface area contributed by atoms with E-state index >= 15 is 0 Å². The summed E-state index contributed by atoms with van der Waals surface area (Å²) in [7, 11) is 0. The van der Waals surface area contributed by atoms with Crippen molar-refractivity contribution < 1.29 is 9.90 Å². The molecule has 2 nitrogen and oxygen atoms in total. The highest BCUT2D eigenvalue weighted by molar-refractivity contribution is 5.66. The summed E-state index contributed by atoms with van der Waals surface area (Å²) in [5.41, 5.74) is 0.375. The lowest BCUT2D eigenvalue weighted by Gasteiger charge is -2.20. The first kappa shape index (κ1) is 14.5. The van der Waals surface area contributed by atoms with Crippen molar-refractivity contribution in [3.05, 3.63) is 0 Å². The lowest BCUT2D eigenvalue weighted by Crippen LogP contribution is -2.10. The van der Waals surface area contributed by atoms with Gasteiger partial charge in [-0.2, -0.15) is 0 Å². The van der Waals surface area contributed by atoms with E-state index in [0.29, 0.717) is 17.8 Å². The minimum atomic E-state index is -0.649. The maximum atomic E-state index is 10.6. The average molecular weight is 214 g/mol. The first-order chi connectivity index (χ1) is 6.85. The van der Waals surface area contributed by atoms with Crippen molar-refractivity contribution in [2.75, 3.05) is 0 Å². The average Bonchev–Trinajstić information content (AvgIpc) is 2.00. The molecule has 0 aromatic rings. The summed E-state index contributed by atoms with van der Waals surface area (Å²) in [6.07, 6.45) is 5.90. The second-order valence-corrected chi connectivity index (χ2v) is 5.71. The van der Waals surface area contributed by atoms with Crippen LogP contribution in [0.15, 0.2) is 0 Å². The number of carboxylic acid groups (broad SMARTS) is 1. The number of hydrogen-bond acceptors (Lipinski definition) is 1. The summed E-state index contributed by atoms with van der Waals surface area (Å²) in [5, 5.41) is 8.77. The molecule has 0 aliphatic carbocycles. The standard InChI is InChI=1S/C13H26O2/c1-5-7-11(10-12(14)15)8-6-9-13(2,3)4/h11H,5-10H2,1-4H3,(H,14,15). The quantitative estimate of drug-likeness (QED) is 0.693. The Morgan fingerprint density at radius 2 is 1.87 bits per heavy atom. The zero-order valence-corrected chi connectivity index (χ0v) is 10.7. The van der Waals surface area contributed by atoms with Gasteiger partial charge in [-0.25, -0.2) is 0 Å². The Kier molecular flexibility index (Phi) is 6.62. The molecule has 1 unspecified atom stereocenters. The summed E-state index contributed by atoms with van der Waals surface area (Å²) in [6.45, 7) is 8.83. The Hall–Kier alpha value is -0.530. The van der Waals surface area contributed by atoms with Crippen LogP contribution in [0.25, 0.3) is 0 Å². The predicted molar refractivity (Wildman–Crippen MR) is 64.0 cm³/mol. The van der Waals surface area contributed by atoms with E-state index in [4.69, 9.17) is 5.11 Å². The maximum Gasteiger partial charge on any atom is 0.303 e. The molecule has 2 heteroatoms. The van der Waals surface area contributed by atoms with Crippen LogP contribution in [0.2, 0.25) is 0 Å². The number of aliphatic carboxylic acids is 1. The molecule has 0 saturated heterocycles. The van der Waals surface area contributed by atoms with Gasteiger partial charge >= 0.3 is 5.97 Å². The molecular weight excluding hydrogens is 188 g/mol. The third-order valence-corrected chi connectivity index (χ3v) is 2.70.